The number of nitrogens with one attached hydrogen (secondary N) is 2. The molecule has 3 amide bonds. The Labute approximate surface area is 229 Å². The van der Waals surface area contributed by atoms with Crippen LogP contribution in [0.4, 0.5) is 10.5 Å². The van der Waals surface area contributed by atoms with Gasteiger partial charge in [0.25, 0.3) is 11.8 Å². The van der Waals surface area contributed by atoms with Crippen molar-refractivity contribution in [3.8, 4) is 0 Å². The third-order valence-corrected chi connectivity index (χ3v) is 7.76. The Bertz CT molecular complexity index is 865. The number of anilines is 1. The summed E-state index contributed by atoms with van der Waals surface area (Å²) in [6.45, 7) is -2.13. The Morgan fingerprint density at radius 2 is 1.39 bits per heavy atom. The maximum Gasteiger partial charge on any atom is 0.414 e. The standard InChI is InChI=1S/C18H22I3N3O9/c19-12-10(16(30)22-1-8(28)4-26)13(20)15(24-7(3-25)6-33-18(24)32)14(21)11(12)17(31)23-2-9(29)5-27/h7-9,25-29H,1-6H2,(H,22,30)(H,23,31). The number of rotatable bonds is 10. The van der Waals surface area contributed by atoms with Crippen LogP contribution < -0.4 is 15.5 Å². The summed E-state index contributed by atoms with van der Waals surface area (Å²) in [6.07, 6.45) is -3.14. The zero-order valence-corrected chi connectivity index (χ0v) is 23.4. The van der Waals surface area contributed by atoms with Crippen LogP contribution in [0.3, 0.4) is 0 Å². The van der Waals surface area contributed by atoms with Crippen molar-refractivity contribution in [1.29, 1.82) is 0 Å². The SMILES string of the molecule is O=C(NCC(O)CO)c1c(I)c(C(=O)NCC(O)CO)c(I)c(N2C(=O)OCC2CO)c1I. The van der Waals surface area contributed by atoms with Gasteiger partial charge in [0.15, 0.2) is 0 Å². The predicted octanol–water partition coefficient (Wildman–Crippen LogP) is -1.02. The van der Waals surface area contributed by atoms with E-state index in [4.69, 9.17) is 14.9 Å². The monoisotopic (exact) mass is 805 g/mol. The fraction of sp³-hybridized carbons (Fsp3) is 0.500. The maximum atomic E-state index is 13.0. The summed E-state index contributed by atoms with van der Waals surface area (Å²) >= 11 is 5.54. The minimum absolute atomic E-state index is 0.0426. The van der Waals surface area contributed by atoms with Gasteiger partial charge in [-0.15, -0.1) is 0 Å². The van der Waals surface area contributed by atoms with Crippen molar-refractivity contribution < 1.29 is 44.7 Å². The van der Waals surface area contributed by atoms with E-state index in [0.29, 0.717) is 7.14 Å². The average Bonchev–Trinajstić information content (AvgIpc) is 3.15. The molecular weight excluding hydrogens is 783 g/mol. The molecule has 1 aliphatic rings. The smallest absolute Gasteiger partial charge is 0.414 e. The van der Waals surface area contributed by atoms with Gasteiger partial charge in [-0.25, -0.2) is 4.79 Å². The number of ether oxygens (including phenoxy) is 1. The first kappa shape index (κ1) is 28.7. The first-order valence-corrected chi connectivity index (χ1v) is 12.7. The van der Waals surface area contributed by atoms with Crippen molar-refractivity contribution in [1.82, 2.24) is 10.6 Å². The van der Waals surface area contributed by atoms with Crippen molar-refractivity contribution in [3.05, 3.63) is 21.8 Å². The summed E-state index contributed by atoms with van der Waals surface area (Å²) in [7, 11) is 0. The van der Waals surface area contributed by atoms with E-state index in [-0.39, 0.29) is 40.1 Å². The molecule has 12 nitrogen and oxygen atoms in total. The zero-order valence-electron chi connectivity index (χ0n) is 16.9. The molecular formula is C18H22I3N3O9. The second-order valence-corrected chi connectivity index (χ2v) is 10.2. The summed E-state index contributed by atoms with van der Waals surface area (Å²) in [5.74, 6) is -1.32. The van der Waals surface area contributed by atoms with Crippen molar-refractivity contribution in [2.75, 3.05) is 44.4 Å². The second-order valence-electron chi connectivity index (χ2n) is 6.92. The molecule has 3 atom stereocenters. The number of amides is 3. The number of hydrogen-bond acceptors (Lipinski definition) is 9. The Morgan fingerprint density at radius 3 is 1.79 bits per heavy atom. The van der Waals surface area contributed by atoms with Crippen molar-refractivity contribution in [2.24, 2.45) is 0 Å². The summed E-state index contributed by atoms with van der Waals surface area (Å²) in [5, 5.41) is 51.8. The van der Waals surface area contributed by atoms with Crippen molar-refractivity contribution >= 4 is 91.4 Å². The highest BCUT2D eigenvalue weighted by Gasteiger charge is 2.39. The van der Waals surface area contributed by atoms with Crippen LogP contribution in [0, 0.1) is 10.7 Å². The van der Waals surface area contributed by atoms with Gasteiger partial charge in [0.05, 0.1) is 62.0 Å². The van der Waals surface area contributed by atoms with Crippen LogP contribution in [-0.4, -0.2) is 101 Å². The lowest BCUT2D eigenvalue weighted by Gasteiger charge is -2.26. The van der Waals surface area contributed by atoms with Crippen molar-refractivity contribution in [3.63, 3.8) is 0 Å². The van der Waals surface area contributed by atoms with E-state index >= 15 is 0 Å². The van der Waals surface area contributed by atoms with Crippen LogP contribution in [-0.2, 0) is 4.74 Å². The molecule has 2 rings (SSSR count). The maximum absolute atomic E-state index is 13.0. The van der Waals surface area contributed by atoms with E-state index in [1.165, 1.54) is 4.90 Å². The minimum atomic E-state index is -1.19. The molecule has 184 valence electrons. The molecule has 1 fully saturated rings. The van der Waals surface area contributed by atoms with Gasteiger partial charge in [-0.05, 0) is 67.8 Å². The first-order chi connectivity index (χ1) is 15.6. The minimum Gasteiger partial charge on any atom is -0.447 e. The van der Waals surface area contributed by atoms with Crippen LogP contribution in [0.15, 0.2) is 0 Å². The number of nitrogens with zero attached hydrogens (tertiary/aromatic N) is 1. The van der Waals surface area contributed by atoms with E-state index in [1.54, 1.807) is 0 Å². The summed E-state index contributed by atoms with van der Waals surface area (Å²) in [5.41, 5.74) is 0.279. The van der Waals surface area contributed by atoms with Crippen LogP contribution in [0.5, 0.6) is 0 Å². The number of benzene rings is 1. The molecule has 7 N–H and O–H groups in total. The molecule has 1 aliphatic heterocycles. The van der Waals surface area contributed by atoms with Gasteiger partial charge in [0.2, 0.25) is 0 Å². The number of aliphatic hydroxyl groups excluding tert-OH is 5. The molecule has 0 spiro atoms. The highest BCUT2D eigenvalue weighted by atomic mass is 127. The third kappa shape index (κ3) is 6.55. The Morgan fingerprint density at radius 1 is 0.939 bits per heavy atom. The molecule has 0 aliphatic carbocycles. The molecule has 33 heavy (non-hydrogen) atoms. The topological polar surface area (TPSA) is 189 Å². The van der Waals surface area contributed by atoms with E-state index in [2.05, 4.69) is 10.6 Å². The molecule has 1 heterocycles. The zero-order chi connectivity index (χ0) is 24.9. The predicted molar refractivity (Wildman–Crippen MR) is 140 cm³/mol. The molecule has 15 heteroatoms. The van der Waals surface area contributed by atoms with Gasteiger partial charge in [-0.3, -0.25) is 14.5 Å². The second kappa shape index (κ2) is 12.9. The molecule has 0 bridgehead atoms. The fourth-order valence-electron chi connectivity index (χ4n) is 2.86. The van der Waals surface area contributed by atoms with E-state index in [9.17, 15) is 29.7 Å². The van der Waals surface area contributed by atoms with Crippen LogP contribution in [0.1, 0.15) is 20.7 Å². The van der Waals surface area contributed by atoms with Gasteiger partial charge in [-0.1, -0.05) is 0 Å². The van der Waals surface area contributed by atoms with Crippen molar-refractivity contribution in [2.45, 2.75) is 18.2 Å². The lowest BCUT2D eigenvalue weighted by molar-refractivity contribution is 0.0798. The fourth-order valence-corrected chi connectivity index (χ4v) is 7.52. The summed E-state index contributed by atoms with van der Waals surface area (Å²) in [4.78, 5) is 39.6. The van der Waals surface area contributed by atoms with E-state index in [1.807, 2.05) is 67.8 Å². The van der Waals surface area contributed by atoms with Gasteiger partial charge in [0, 0.05) is 16.7 Å². The molecule has 1 aromatic rings. The number of cyclic esters (lactones) is 1. The largest absolute Gasteiger partial charge is 0.447 e. The number of aliphatic hydroxyl groups is 5. The molecule has 1 aromatic carbocycles. The van der Waals surface area contributed by atoms with Gasteiger partial charge in [-0.2, -0.15) is 0 Å². The number of halogens is 3. The molecule has 1 saturated heterocycles. The van der Waals surface area contributed by atoms with Gasteiger partial charge >= 0.3 is 6.09 Å². The van der Waals surface area contributed by atoms with Gasteiger partial charge in [0.1, 0.15) is 6.61 Å². The summed E-state index contributed by atoms with van der Waals surface area (Å²) < 4.78 is 5.90. The van der Waals surface area contributed by atoms with Gasteiger partial charge < -0.3 is 40.9 Å². The van der Waals surface area contributed by atoms with E-state index in [0.717, 1.165) is 0 Å². The Hall–Kier alpha value is -0.580. The van der Waals surface area contributed by atoms with Crippen LogP contribution in [0.2, 0.25) is 0 Å². The lowest BCUT2D eigenvalue weighted by atomic mass is 10.1. The van der Waals surface area contributed by atoms with E-state index < -0.39 is 56.0 Å². The number of carbonyl (C=O) groups excluding carboxylic acids is 3. The van der Waals surface area contributed by atoms with Crippen LogP contribution >= 0.6 is 67.8 Å². The summed E-state index contributed by atoms with van der Waals surface area (Å²) in [6, 6.07) is -0.737. The normalized spacial score (nSPS) is 17.5. The van der Waals surface area contributed by atoms with Crippen LogP contribution in [0.25, 0.3) is 0 Å². The average molecular weight is 805 g/mol. The molecule has 0 radical (unpaired) electrons. The number of carbonyl (C=O) groups is 3. The molecule has 0 aromatic heterocycles. The number of hydrogen-bond donors (Lipinski definition) is 7. The quantitative estimate of drug-likeness (QED) is 0.146. The Kier molecular flexibility index (Phi) is 11.2. The lowest BCUT2D eigenvalue weighted by Crippen LogP contribution is -2.40. The highest BCUT2D eigenvalue weighted by molar-refractivity contribution is 14.1. The Balaban J connectivity index is 2.64. The first-order valence-electron chi connectivity index (χ1n) is 9.50. The molecule has 3 unspecified atom stereocenters. The third-order valence-electron chi connectivity index (χ3n) is 4.58. The highest BCUT2D eigenvalue weighted by Crippen LogP contribution is 2.40. The molecule has 0 saturated carbocycles.